The topological polar surface area (TPSA) is 59.8 Å². The molecule has 0 bridgehead atoms. The zero-order chi connectivity index (χ0) is 20.8. The minimum Gasteiger partial charge on any atom is -0.464 e. The average molecular weight is 391 g/mol. The lowest BCUT2D eigenvalue weighted by Gasteiger charge is -2.29. The number of rotatable bonds is 4. The number of furan rings is 1. The first-order valence-electron chi connectivity index (χ1n) is 9.91. The lowest BCUT2D eigenvalue weighted by Crippen LogP contribution is -2.44. The second-order valence-electron chi connectivity index (χ2n) is 8.44. The van der Waals surface area contributed by atoms with E-state index in [4.69, 9.17) is 9.15 Å². The second-order valence-corrected chi connectivity index (χ2v) is 8.44. The van der Waals surface area contributed by atoms with Crippen LogP contribution in [0.1, 0.15) is 50.0 Å². The van der Waals surface area contributed by atoms with Gasteiger partial charge in [-0.05, 0) is 74.2 Å². The number of carbonyl (C=O) groups is 2. The van der Waals surface area contributed by atoms with Crippen LogP contribution in [0.25, 0.3) is 22.1 Å². The van der Waals surface area contributed by atoms with Gasteiger partial charge in [0.2, 0.25) is 0 Å². The van der Waals surface area contributed by atoms with Crippen LogP contribution in [0.15, 0.2) is 53.1 Å². The maximum Gasteiger partial charge on any atom is 0.329 e. The number of esters is 1. The number of hydrogen-bond donors (Lipinski definition) is 0. The highest BCUT2D eigenvalue weighted by atomic mass is 16.6. The summed E-state index contributed by atoms with van der Waals surface area (Å²) in [6.07, 6.45) is 2.19. The Balaban J connectivity index is 1.61. The highest BCUT2D eigenvalue weighted by Gasteiger charge is 2.37. The van der Waals surface area contributed by atoms with Crippen LogP contribution in [0.4, 0.5) is 0 Å². The number of nitrogens with zero attached hydrogens (tertiary/aromatic N) is 1. The van der Waals surface area contributed by atoms with Gasteiger partial charge in [0.15, 0.2) is 0 Å². The van der Waals surface area contributed by atoms with E-state index in [1.807, 2.05) is 64.1 Å². The lowest BCUT2D eigenvalue weighted by molar-refractivity contribution is -0.160. The average Bonchev–Trinajstić information content (AvgIpc) is 3.25. The van der Waals surface area contributed by atoms with Gasteiger partial charge in [0, 0.05) is 17.5 Å². The number of carbonyl (C=O) groups excluding carboxylic acids is 2. The van der Waals surface area contributed by atoms with Crippen molar-refractivity contribution in [1.82, 2.24) is 4.90 Å². The van der Waals surface area contributed by atoms with Gasteiger partial charge in [0.25, 0.3) is 5.91 Å². The third-order valence-electron chi connectivity index (χ3n) is 5.16. The van der Waals surface area contributed by atoms with Crippen molar-refractivity contribution in [2.45, 2.75) is 52.3 Å². The second kappa shape index (κ2) is 7.07. The molecule has 5 heteroatoms. The van der Waals surface area contributed by atoms with Crippen molar-refractivity contribution in [3.63, 3.8) is 0 Å². The Labute approximate surface area is 170 Å². The van der Waals surface area contributed by atoms with E-state index in [-0.39, 0.29) is 11.9 Å². The Morgan fingerprint density at radius 2 is 1.86 bits per heavy atom. The Bertz CT molecular complexity index is 1090. The van der Waals surface area contributed by atoms with Crippen molar-refractivity contribution in [2.24, 2.45) is 0 Å². The molecule has 5 nitrogen and oxygen atoms in total. The maximum absolute atomic E-state index is 13.0. The number of benzene rings is 2. The molecule has 2 aromatic carbocycles. The summed E-state index contributed by atoms with van der Waals surface area (Å²) in [7, 11) is 0. The summed E-state index contributed by atoms with van der Waals surface area (Å²) in [6, 6.07) is 13.2. The largest absolute Gasteiger partial charge is 0.464 e. The first kappa shape index (κ1) is 19.2. The Kier molecular flexibility index (Phi) is 4.69. The predicted octanol–water partition coefficient (Wildman–Crippen LogP) is 5.18. The minimum absolute atomic E-state index is 0.116. The summed E-state index contributed by atoms with van der Waals surface area (Å²) in [6.45, 7) is 7.81. The van der Waals surface area contributed by atoms with Crippen molar-refractivity contribution in [3.8, 4) is 11.1 Å². The molecule has 0 fully saturated rings. The SMILES string of the molecule is CC[C@@H](C(=O)OC(C)(C)C)N1Cc2cc(-c3ccc4occc4c3)ccc2C1=O. The molecule has 0 radical (unpaired) electrons. The zero-order valence-electron chi connectivity index (χ0n) is 17.2. The number of ether oxygens (including phenoxy) is 1. The number of hydrogen-bond acceptors (Lipinski definition) is 4. The summed E-state index contributed by atoms with van der Waals surface area (Å²) >= 11 is 0. The molecule has 4 rings (SSSR count). The molecule has 0 spiro atoms. The van der Waals surface area contributed by atoms with Crippen LogP contribution in [0.2, 0.25) is 0 Å². The van der Waals surface area contributed by atoms with Gasteiger partial charge >= 0.3 is 5.97 Å². The van der Waals surface area contributed by atoms with Gasteiger partial charge < -0.3 is 14.1 Å². The first-order valence-corrected chi connectivity index (χ1v) is 9.91. The van der Waals surface area contributed by atoms with Gasteiger partial charge in [-0.1, -0.05) is 19.1 Å². The molecule has 3 aromatic rings. The summed E-state index contributed by atoms with van der Waals surface area (Å²) in [4.78, 5) is 27.2. The lowest BCUT2D eigenvalue weighted by atomic mass is 9.99. The van der Waals surface area contributed by atoms with E-state index >= 15 is 0 Å². The highest BCUT2D eigenvalue weighted by Crippen LogP contribution is 2.32. The van der Waals surface area contributed by atoms with Crippen molar-refractivity contribution in [3.05, 3.63) is 59.9 Å². The monoisotopic (exact) mass is 391 g/mol. The molecule has 150 valence electrons. The van der Waals surface area contributed by atoms with Crippen LogP contribution < -0.4 is 0 Å². The molecule has 1 aliphatic rings. The summed E-state index contributed by atoms with van der Waals surface area (Å²) < 4.78 is 10.9. The molecule has 1 amide bonds. The number of fused-ring (bicyclic) bond motifs is 2. The molecule has 0 N–H and O–H groups in total. The third-order valence-corrected chi connectivity index (χ3v) is 5.16. The molecule has 1 aliphatic heterocycles. The molecule has 0 saturated heterocycles. The fourth-order valence-electron chi connectivity index (χ4n) is 3.80. The summed E-state index contributed by atoms with van der Waals surface area (Å²) in [5, 5.41) is 1.04. The molecule has 0 saturated carbocycles. The van der Waals surface area contributed by atoms with E-state index < -0.39 is 11.6 Å². The smallest absolute Gasteiger partial charge is 0.329 e. The van der Waals surface area contributed by atoms with Crippen LogP contribution in [0.3, 0.4) is 0 Å². The number of amides is 1. The predicted molar refractivity (Wildman–Crippen MR) is 111 cm³/mol. The standard InChI is InChI=1S/C24H25NO4/c1-5-20(23(27)29-24(2,3)4)25-14-18-13-15(6-8-19(18)22(25)26)16-7-9-21-17(12-16)10-11-28-21/h6-13,20H,5,14H2,1-4H3/t20-/m0/s1. The zero-order valence-corrected chi connectivity index (χ0v) is 17.2. The van der Waals surface area contributed by atoms with E-state index in [9.17, 15) is 9.59 Å². The molecule has 2 heterocycles. The normalized spacial score (nSPS) is 14.9. The van der Waals surface area contributed by atoms with Gasteiger partial charge in [0.1, 0.15) is 17.2 Å². The summed E-state index contributed by atoms with van der Waals surface area (Å²) in [5.74, 6) is -0.471. The third kappa shape index (κ3) is 3.65. The van der Waals surface area contributed by atoms with Crippen molar-refractivity contribution >= 4 is 22.8 Å². The molecular weight excluding hydrogens is 366 g/mol. The maximum atomic E-state index is 13.0. The van der Waals surface area contributed by atoms with Crippen LogP contribution in [0.5, 0.6) is 0 Å². The Morgan fingerprint density at radius 1 is 1.14 bits per heavy atom. The van der Waals surface area contributed by atoms with E-state index in [1.165, 1.54) is 0 Å². The van der Waals surface area contributed by atoms with E-state index in [0.29, 0.717) is 18.5 Å². The highest BCUT2D eigenvalue weighted by molar-refractivity contribution is 6.01. The molecular formula is C24H25NO4. The van der Waals surface area contributed by atoms with Gasteiger partial charge in [-0.25, -0.2) is 4.79 Å². The summed E-state index contributed by atoms with van der Waals surface area (Å²) in [5.41, 5.74) is 3.94. The van der Waals surface area contributed by atoms with Crippen LogP contribution in [-0.2, 0) is 16.1 Å². The fourth-order valence-corrected chi connectivity index (χ4v) is 3.80. The molecule has 0 aliphatic carbocycles. The minimum atomic E-state index is -0.584. The molecule has 1 atom stereocenters. The van der Waals surface area contributed by atoms with Crippen LogP contribution in [-0.4, -0.2) is 28.4 Å². The molecule has 0 unspecified atom stereocenters. The van der Waals surface area contributed by atoms with Crippen molar-refractivity contribution in [1.29, 1.82) is 0 Å². The fraction of sp³-hybridized carbons (Fsp3) is 0.333. The quantitative estimate of drug-likeness (QED) is 0.575. The molecule has 1 aromatic heterocycles. The van der Waals surface area contributed by atoms with Crippen LogP contribution in [0, 0.1) is 0 Å². The van der Waals surface area contributed by atoms with Crippen LogP contribution >= 0.6 is 0 Å². The van der Waals surface area contributed by atoms with E-state index in [1.54, 1.807) is 11.2 Å². The first-order chi connectivity index (χ1) is 13.8. The Hall–Kier alpha value is -3.08. The van der Waals surface area contributed by atoms with Gasteiger partial charge in [-0.15, -0.1) is 0 Å². The van der Waals surface area contributed by atoms with Gasteiger partial charge in [-0.3, -0.25) is 4.79 Å². The Morgan fingerprint density at radius 3 is 2.59 bits per heavy atom. The van der Waals surface area contributed by atoms with E-state index in [2.05, 4.69) is 6.07 Å². The van der Waals surface area contributed by atoms with Crippen molar-refractivity contribution in [2.75, 3.05) is 0 Å². The molecule has 29 heavy (non-hydrogen) atoms. The van der Waals surface area contributed by atoms with E-state index in [0.717, 1.165) is 27.7 Å². The van der Waals surface area contributed by atoms with Gasteiger partial charge in [-0.2, -0.15) is 0 Å². The van der Waals surface area contributed by atoms with Crippen molar-refractivity contribution < 1.29 is 18.7 Å². The van der Waals surface area contributed by atoms with Gasteiger partial charge in [0.05, 0.1) is 6.26 Å².